The van der Waals surface area contributed by atoms with E-state index < -0.39 is 28.5 Å². The number of amides is 1. The molecule has 2 aliphatic rings. The number of carbonyl (C=O) groups excluding carboxylic acids is 1. The summed E-state index contributed by atoms with van der Waals surface area (Å²) in [5.74, 6) is -1.87. The number of anilines is 1. The first-order valence-electron chi connectivity index (χ1n) is 8.83. The molecule has 0 bridgehead atoms. The molecule has 0 aliphatic carbocycles. The molecule has 2 aliphatic heterocycles. The third-order valence-corrected chi connectivity index (χ3v) is 7.55. The molecule has 0 saturated carbocycles. The third-order valence-electron chi connectivity index (χ3n) is 4.21. The van der Waals surface area contributed by atoms with E-state index in [1.807, 2.05) is 29.2 Å². The average molecular weight is 487 g/mol. The summed E-state index contributed by atoms with van der Waals surface area (Å²) in [7, 11) is -3.99. The van der Waals surface area contributed by atoms with Gasteiger partial charge in [0.05, 0.1) is 21.4 Å². The molecule has 2 N–H and O–H groups in total. The molecule has 160 valence electrons. The lowest BCUT2D eigenvalue weighted by Crippen LogP contribution is -2.33. The van der Waals surface area contributed by atoms with Crippen LogP contribution >= 0.6 is 35.7 Å². The van der Waals surface area contributed by atoms with Gasteiger partial charge in [-0.2, -0.15) is 8.42 Å². The fourth-order valence-corrected chi connectivity index (χ4v) is 5.75. The number of carbonyl (C=O) groups is 2. The molecule has 1 saturated heterocycles. The minimum atomic E-state index is -3.99. The molecule has 0 atom stereocenters. The largest absolute Gasteiger partial charge is 0.480 e. The summed E-state index contributed by atoms with van der Waals surface area (Å²) in [5.41, 5.74) is 0.979. The van der Waals surface area contributed by atoms with Crippen molar-refractivity contribution in [1.82, 2.24) is 4.90 Å². The van der Waals surface area contributed by atoms with Gasteiger partial charge >= 0.3 is 5.97 Å². The van der Waals surface area contributed by atoms with E-state index >= 15 is 0 Å². The standard InChI is InChI=1S/C18H18N2O6S4/c21-16(22)11-20-17(23)14(29-18(20)27)7-8-15-19(9-3-4-10-30(24,25)26)12-5-1-2-6-13(12)28-15/h1-2,5-8H,3-4,9-11H2,(H,21,22)(H,24,25,26)/b14-7+,15-8+. The number of benzene rings is 1. The van der Waals surface area contributed by atoms with Gasteiger partial charge in [-0.05, 0) is 37.1 Å². The highest BCUT2D eigenvalue weighted by molar-refractivity contribution is 8.26. The number of aliphatic carboxylic acids is 1. The zero-order valence-electron chi connectivity index (χ0n) is 15.6. The number of hydrogen-bond donors (Lipinski definition) is 2. The number of carboxylic acid groups (broad SMARTS) is 1. The molecule has 3 rings (SSSR count). The van der Waals surface area contributed by atoms with Crippen molar-refractivity contribution in [3.8, 4) is 0 Å². The van der Waals surface area contributed by atoms with Crippen molar-refractivity contribution in [2.45, 2.75) is 17.7 Å². The molecule has 0 unspecified atom stereocenters. The van der Waals surface area contributed by atoms with Crippen molar-refractivity contribution < 1.29 is 27.7 Å². The number of thiocarbonyl (C=S) groups is 1. The maximum absolute atomic E-state index is 12.4. The number of thioether (sulfide) groups is 2. The van der Waals surface area contributed by atoms with Crippen molar-refractivity contribution in [3.05, 3.63) is 46.4 Å². The highest BCUT2D eigenvalue weighted by atomic mass is 32.2. The lowest BCUT2D eigenvalue weighted by atomic mass is 10.2. The highest BCUT2D eigenvalue weighted by Gasteiger charge is 2.33. The Morgan fingerprint density at radius 2 is 1.87 bits per heavy atom. The summed E-state index contributed by atoms with van der Waals surface area (Å²) in [5, 5.41) is 9.78. The number of para-hydroxylation sites is 1. The lowest BCUT2D eigenvalue weighted by Gasteiger charge is -2.20. The molecule has 1 amide bonds. The fraction of sp³-hybridized carbons (Fsp3) is 0.278. The Hall–Kier alpha value is -1.86. The normalized spacial score (nSPS) is 19.2. The number of rotatable bonds is 8. The molecule has 1 fully saturated rings. The molecule has 30 heavy (non-hydrogen) atoms. The van der Waals surface area contributed by atoms with Crippen molar-refractivity contribution in [2.24, 2.45) is 0 Å². The van der Waals surface area contributed by atoms with Gasteiger partial charge in [0.2, 0.25) is 0 Å². The molecule has 1 aromatic rings. The maximum atomic E-state index is 12.4. The first kappa shape index (κ1) is 22.8. The third kappa shape index (κ3) is 5.64. The summed E-state index contributed by atoms with van der Waals surface area (Å²) in [6.45, 7) is 0.0673. The first-order valence-corrected chi connectivity index (χ1v) is 12.5. The van der Waals surface area contributed by atoms with Crippen LogP contribution < -0.4 is 4.90 Å². The van der Waals surface area contributed by atoms with Crippen LogP contribution in [-0.4, -0.2) is 58.0 Å². The molecule has 0 spiro atoms. The van der Waals surface area contributed by atoms with Gasteiger partial charge in [0.1, 0.15) is 10.9 Å². The van der Waals surface area contributed by atoms with Gasteiger partial charge in [-0.1, -0.05) is 47.9 Å². The SMILES string of the molecule is O=C(O)CN1C(=O)/C(=C\C=C2\Sc3ccccc3N2CCCCS(=O)(=O)O)SC1=S. The lowest BCUT2D eigenvalue weighted by molar-refractivity contribution is -0.140. The zero-order valence-corrected chi connectivity index (χ0v) is 18.8. The van der Waals surface area contributed by atoms with E-state index in [4.69, 9.17) is 21.9 Å². The zero-order chi connectivity index (χ0) is 21.9. The van der Waals surface area contributed by atoms with Crippen molar-refractivity contribution in [3.63, 3.8) is 0 Å². The predicted octanol–water partition coefficient (Wildman–Crippen LogP) is 2.94. The maximum Gasteiger partial charge on any atom is 0.323 e. The second-order valence-corrected chi connectivity index (χ2v) is 10.7. The smallest absolute Gasteiger partial charge is 0.323 e. The fourth-order valence-electron chi connectivity index (χ4n) is 2.89. The Morgan fingerprint density at radius 3 is 2.57 bits per heavy atom. The van der Waals surface area contributed by atoms with E-state index in [0.717, 1.165) is 32.3 Å². The van der Waals surface area contributed by atoms with Gasteiger partial charge in [0.25, 0.3) is 16.0 Å². The molecular weight excluding hydrogens is 468 g/mol. The molecule has 8 nitrogen and oxygen atoms in total. The van der Waals surface area contributed by atoms with Crippen LogP contribution in [0, 0.1) is 0 Å². The number of unbranched alkanes of at least 4 members (excludes halogenated alkanes) is 1. The summed E-state index contributed by atoms with van der Waals surface area (Å²) in [6, 6.07) is 7.75. The Bertz CT molecular complexity index is 1050. The topological polar surface area (TPSA) is 115 Å². The summed E-state index contributed by atoms with van der Waals surface area (Å²) < 4.78 is 30.9. The monoisotopic (exact) mass is 486 g/mol. The minimum Gasteiger partial charge on any atom is -0.480 e. The van der Waals surface area contributed by atoms with Gasteiger partial charge in [-0.15, -0.1) is 0 Å². The Morgan fingerprint density at radius 1 is 1.13 bits per heavy atom. The number of allylic oxidation sites excluding steroid dienone is 2. The van der Waals surface area contributed by atoms with E-state index in [-0.39, 0.29) is 10.1 Å². The van der Waals surface area contributed by atoms with Gasteiger partial charge in [-0.25, -0.2) is 0 Å². The Balaban J connectivity index is 1.77. The number of hydrogen-bond acceptors (Lipinski definition) is 8. The summed E-state index contributed by atoms with van der Waals surface area (Å²) >= 11 is 7.67. The van der Waals surface area contributed by atoms with E-state index in [1.165, 1.54) is 11.8 Å². The Kier molecular flexibility index (Phi) is 7.24. The minimum absolute atomic E-state index is 0.205. The van der Waals surface area contributed by atoms with Crippen molar-refractivity contribution in [1.29, 1.82) is 0 Å². The van der Waals surface area contributed by atoms with Crippen LogP contribution in [0.3, 0.4) is 0 Å². The second kappa shape index (κ2) is 9.52. The predicted molar refractivity (Wildman–Crippen MR) is 121 cm³/mol. The van der Waals surface area contributed by atoms with Crippen LogP contribution in [0.4, 0.5) is 5.69 Å². The highest BCUT2D eigenvalue weighted by Crippen LogP contribution is 2.46. The van der Waals surface area contributed by atoms with Gasteiger partial charge in [0, 0.05) is 11.4 Å². The first-order chi connectivity index (χ1) is 14.2. The van der Waals surface area contributed by atoms with Crippen molar-refractivity contribution >= 4 is 67.7 Å². The van der Waals surface area contributed by atoms with E-state index in [1.54, 1.807) is 12.2 Å². The molecule has 12 heteroatoms. The summed E-state index contributed by atoms with van der Waals surface area (Å²) in [6.07, 6.45) is 4.27. The number of nitrogens with zero attached hydrogens (tertiary/aromatic N) is 2. The van der Waals surface area contributed by atoms with Crippen LogP contribution in [0.25, 0.3) is 0 Å². The van der Waals surface area contributed by atoms with Crippen LogP contribution in [0.15, 0.2) is 51.2 Å². The van der Waals surface area contributed by atoms with Crippen LogP contribution in [0.2, 0.25) is 0 Å². The molecule has 1 aromatic carbocycles. The van der Waals surface area contributed by atoms with E-state index in [0.29, 0.717) is 24.3 Å². The molecular formula is C18H18N2O6S4. The van der Waals surface area contributed by atoms with Crippen molar-refractivity contribution in [2.75, 3.05) is 23.7 Å². The number of fused-ring (bicyclic) bond motifs is 1. The molecule has 2 heterocycles. The van der Waals surface area contributed by atoms with Crippen LogP contribution in [0.5, 0.6) is 0 Å². The van der Waals surface area contributed by atoms with E-state index in [2.05, 4.69) is 0 Å². The van der Waals surface area contributed by atoms with Crippen LogP contribution in [0.1, 0.15) is 12.8 Å². The molecule has 0 aromatic heterocycles. The van der Waals surface area contributed by atoms with Crippen LogP contribution in [-0.2, 0) is 19.7 Å². The number of carboxylic acids is 1. The van der Waals surface area contributed by atoms with Gasteiger partial charge in [-0.3, -0.25) is 19.0 Å². The summed E-state index contributed by atoms with van der Waals surface area (Å²) in [4.78, 5) is 27.8. The van der Waals surface area contributed by atoms with Gasteiger partial charge in [0.15, 0.2) is 0 Å². The van der Waals surface area contributed by atoms with E-state index in [9.17, 15) is 18.0 Å². The second-order valence-electron chi connectivity index (χ2n) is 6.40. The average Bonchev–Trinajstić information content (AvgIpc) is 3.14. The Labute approximate surface area is 187 Å². The quantitative estimate of drug-likeness (QED) is 0.246. The van der Waals surface area contributed by atoms with Gasteiger partial charge < -0.3 is 10.0 Å². The molecule has 0 radical (unpaired) electrons.